The van der Waals surface area contributed by atoms with Crippen molar-refractivity contribution in [2.75, 3.05) is 31.6 Å². The highest BCUT2D eigenvalue weighted by atomic mass is 35.5. The zero-order valence-electron chi connectivity index (χ0n) is 13.8. The molecule has 2 aromatic carbocycles. The molecule has 0 unspecified atom stereocenters. The van der Waals surface area contributed by atoms with E-state index in [1.165, 1.54) is 6.07 Å². The Hall–Kier alpha value is -1.62. The first-order chi connectivity index (χ1) is 11.6. The van der Waals surface area contributed by atoms with Crippen LogP contribution in [0.1, 0.15) is 24.1 Å². The van der Waals surface area contributed by atoms with E-state index >= 15 is 0 Å². The molecule has 1 heterocycles. The summed E-state index contributed by atoms with van der Waals surface area (Å²) in [5.74, 6) is -0.217. The van der Waals surface area contributed by atoms with Gasteiger partial charge in [0, 0.05) is 36.4 Å². The maximum atomic E-state index is 13.4. The molecule has 1 N–H and O–H groups in total. The summed E-state index contributed by atoms with van der Waals surface area (Å²) in [6.45, 7) is 6.22. The Labute approximate surface area is 147 Å². The average molecular weight is 349 g/mol. The number of hydrogen-bond donors (Lipinski definition) is 1. The van der Waals surface area contributed by atoms with E-state index in [9.17, 15) is 4.39 Å². The van der Waals surface area contributed by atoms with Gasteiger partial charge in [-0.15, -0.1) is 0 Å². The molecular formula is C19H22ClFN2O. The molecule has 0 aromatic heterocycles. The minimum absolute atomic E-state index is 0.0121. The van der Waals surface area contributed by atoms with Crippen LogP contribution in [0.5, 0.6) is 0 Å². The van der Waals surface area contributed by atoms with Crippen molar-refractivity contribution >= 4 is 17.3 Å². The van der Waals surface area contributed by atoms with Crippen LogP contribution in [0.25, 0.3) is 0 Å². The van der Waals surface area contributed by atoms with E-state index in [-0.39, 0.29) is 11.9 Å². The largest absolute Gasteiger partial charge is 0.379 e. The Morgan fingerprint density at radius 3 is 2.75 bits per heavy atom. The lowest BCUT2D eigenvalue weighted by Crippen LogP contribution is -2.35. The molecule has 0 aliphatic carbocycles. The van der Waals surface area contributed by atoms with Gasteiger partial charge in [-0.25, -0.2) is 4.39 Å². The summed E-state index contributed by atoms with van der Waals surface area (Å²) in [6.07, 6.45) is 0. The Morgan fingerprint density at radius 2 is 2.00 bits per heavy atom. The van der Waals surface area contributed by atoms with Crippen molar-refractivity contribution in [3.63, 3.8) is 0 Å². The minimum Gasteiger partial charge on any atom is -0.379 e. The van der Waals surface area contributed by atoms with Gasteiger partial charge < -0.3 is 10.1 Å². The molecule has 24 heavy (non-hydrogen) atoms. The number of nitrogens with one attached hydrogen (secondary N) is 1. The molecule has 1 aliphatic rings. The van der Waals surface area contributed by atoms with Crippen molar-refractivity contribution < 1.29 is 9.13 Å². The molecule has 1 aliphatic heterocycles. The van der Waals surface area contributed by atoms with Crippen LogP contribution in [0, 0.1) is 5.82 Å². The predicted octanol–water partition coefficient (Wildman–Crippen LogP) is 4.48. The highest BCUT2D eigenvalue weighted by molar-refractivity contribution is 6.31. The first kappa shape index (κ1) is 17.2. The third kappa shape index (κ3) is 4.47. The van der Waals surface area contributed by atoms with Gasteiger partial charge in [0.2, 0.25) is 0 Å². The molecule has 0 spiro atoms. The third-order valence-electron chi connectivity index (χ3n) is 4.28. The molecular weight excluding hydrogens is 327 g/mol. The highest BCUT2D eigenvalue weighted by Gasteiger charge is 2.13. The SMILES string of the molecule is C[C@H](Nc1ccc(Cl)c(CN2CCOCC2)c1)c1cccc(F)c1. The van der Waals surface area contributed by atoms with Crippen LogP contribution in [0.15, 0.2) is 42.5 Å². The van der Waals surface area contributed by atoms with E-state index in [2.05, 4.69) is 16.3 Å². The van der Waals surface area contributed by atoms with Gasteiger partial charge in [-0.05, 0) is 48.4 Å². The van der Waals surface area contributed by atoms with Crippen LogP contribution in [-0.4, -0.2) is 31.2 Å². The number of halogens is 2. The zero-order valence-corrected chi connectivity index (χ0v) is 14.5. The van der Waals surface area contributed by atoms with Crippen molar-refractivity contribution in [2.24, 2.45) is 0 Å². The van der Waals surface area contributed by atoms with Crippen molar-refractivity contribution in [3.05, 3.63) is 64.4 Å². The lowest BCUT2D eigenvalue weighted by Gasteiger charge is -2.27. The van der Waals surface area contributed by atoms with E-state index in [1.807, 2.05) is 25.1 Å². The molecule has 3 rings (SSSR count). The number of hydrogen-bond acceptors (Lipinski definition) is 3. The molecule has 1 fully saturated rings. The van der Waals surface area contributed by atoms with E-state index in [0.29, 0.717) is 0 Å². The number of ether oxygens (including phenoxy) is 1. The fourth-order valence-corrected chi connectivity index (χ4v) is 3.07. The van der Waals surface area contributed by atoms with E-state index in [0.717, 1.165) is 54.7 Å². The number of anilines is 1. The zero-order chi connectivity index (χ0) is 16.9. The molecule has 0 saturated carbocycles. The summed E-state index contributed by atoms with van der Waals surface area (Å²) in [5.41, 5.74) is 2.99. The number of rotatable bonds is 5. The summed E-state index contributed by atoms with van der Waals surface area (Å²) in [4.78, 5) is 2.34. The summed E-state index contributed by atoms with van der Waals surface area (Å²) >= 11 is 6.35. The van der Waals surface area contributed by atoms with Crippen LogP contribution in [0.2, 0.25) is 5.02 Å². The predicted molar refractivity (Wildman–Crippen MR) is 96.0 cm³/mol. The van der Waals surface area contributed by atoms with Gasteiger partial charge in [-0.1, -0.05) is 23.7 Å². The van der Waals surface area contributed by atoms with Crippen LogP contribution in [-0.2, 0) is 11.3 Å². The minimum atomic E-state index is -0.217. The van der Waals surface area contributed by atoms with Gasteiger partial charge in [0.1, 0.15) is 5.82 Å². The Kier molecular flexibility index (Phi) is 5.72. The second-order valence-electron chi connectivity index (χ2n) is 6.12. The van der Waals surface area contributed by atoms with Crippen LogP contribution >= 0.6 is 11.6 Å². The Balaban J connectivity index is 1.70. The van der Waals surface area contributed by atoms with E-state index < -0.39 is 0 Å². The normalized spacial score (nSPS) is 16.8. The van der Waals surface area contributed by atoms with Crippen molar-refractivity contribution in [1.29, 1.82) is 0 Å². The molecule has 2 aromatic rings. The summed E-state index contributed by atoms with van der Waals surface area (Å²) in [6, 6.07) is 12.6. The van der Waals surface area contributed by atoms with Gasteiger partial charge in [0.05, 0.1) is 13.2 Å². The monoisotopic (exact) mass is 348 g/mol. The topological polar surface area (TPSA) is 24.5 Å². The van der Waals surface area contributed by atoms with Gasteiger partial charge in [0.15, 0.2) is 0 Å². The van der Waals surface area contributed by atoms with Crippen LogP contribution < -0.4 is 5.32 Å². The maximum absolute atomic E-state index is 13.4. The molecule has 0 radical (unpaired) electrons. The van der Waals surface area contributed by atoms with Gasteiger partial charge in [-0.3, -0.25) is 4.90 Å². The van der Waals surface area contributed by atoms with Crippen molar-refractivity contribution in [2.45, 2.75) is 19.5 Å². The molecule has 5 heteroatoms. The molecule has 3 nitrogen and oxygen atoms in total. The standard InChI is InChI=1S/C19H22ClFN2O/c1-14(15-3-2-4-17(21)11-15)22-18-5-6-19(20)16(12-18)13-23-7-9-24-10-8-23/h2-6,11-12,14,22H,7-10,13H2,1H3/t14-/m0/s1. The van der Waals surface area contributed by atoms with Crippen LogP contribution in [0.4, 0.5) is 10.1 Å². The molecule has 0 amide bonds. The molecule has 128 valence electrons. The lowest BCUT2D eigenvalue weighted by atomic mass is 10.1. The molecule has 1 atom stereocenters. The number of morpholine rings is 1. The van der Waals surface area contributed by atoms with Gasteiger partial charge in [-0.2, -0.15) is 0 Å². The van der Waals surface area contributed by atoms with Crippen molar-refractivity contribution in [1.82, 2.24) is 4.90 Å². The lowest BCUT2D eigenvalue weighted by molar-refractivity contribution is 0.0342. The van der Waals surface area contributed by atoms with E-state index in [1.54, 1.807) is 12.1 Å². The average Bonchev–Trinajstić information content (AvgIpc) is 2.59. The second kappa shape index (κ2) is 7.97. The van der Waals surface area contributed by atoms with Crippen molar-refractivity contribution in [3.8, 4) is 0 Å². The first-order valence-electron chi connectivity index (χ1n) is 8.22. The third-order valence-corrected chi connectivity index (χ3v) is 4.64. The number of benzene rings is 2. The van der Waals surface area contributed by atoms with Crippen LogP contribution in [0.3, 0.4) is 0 Å². The summed E-state index contributed by atoms with van der Waals surface area (Å²) < 4.78 is 18.8. The Bertz CT molecular complexity index is 689. The van der Waals surface area contributed by atoms with Gasteiger partial charge in [0.25, 0.3) is 0 Å². The quantitative estimate of drug-likeness (QED) is 0.862. The summed E-state index contributed by atoms with van der Waals surface area (Å²) in [7, 11) is 0. The van der Waals surface area contributed by atoms with E-state index in [4.69, 9.17) is 16.3 Å². The fourth-order valence-electron chi connectivity index (χ4n) is 2.90. The summed E-state index contributed by atoms with van der Waals surface area (Å²) in [5, 5.41) is 4.19. The fraction of sp³-hybridized carbons (Fsp3) is 0.368. The molecule has 1 saturated heterocycles. The first-order valence-corrected chi connectivity index (χ1v) is 8.60. The maximum Gasteiger partial charge on any atom is 0.123 e. The highest BCUT2D eigenvalue weighted by Crippen LogP contribution is 2.25. The number of nitrogens with zero attached hydrogens (tertiary/aromatic N) is 1. The smallest absolute Gasteiger partial charge is 0.123 e. The Morgan fingerprint density at radius 1 is 1.21 bits per heavy atom. The van der Waals surface area contributed by atoms with Gasteiger partial charge >= 0.3 is 0 Å². The second-order valence-corrected chi connectivity index (χ2v) is 6.52. The molecule has 0 bridgehead atoms.